The highest BCUT2D eigenvalue weighted by Gasteiger charge is 2.26. The van der Waals surface area contributed by atoms with Crippen molar-refractivity contribution in [2.45, 2.75) is 24.9 Å². The summed E-state index contributed by atoms with van der Waals surface area (Å²) in [5.74, 6) is 0. The van der Waals surface area contributed by atoms with Crippen molar-refractivity contribution in [2.24, 2.45) is 10.2 Å². The van der Waals surface area contributed by atoms with Crippen LogP contribution in [0.25, 0.3) is 20.9 Å². The third-order valence-electron chi connectivity index (χ3n) is 2.82. The van der Waals surface area contributed by atoms with E-state index in [-0.39, 0.29) is 12.1 Å². The van der Waals surface area contributed by atoms with Crippen LogP contribution >= 0.6 is 0 Å². The maximum atomic E-state index is 8.48. The number of fused-ring (bicyclic) bond motifs is 1. The zero-order valence-corrected chi connectivity index (χ0v) is 8.56. The van der Waals surface area contributed by atoms with Crippen LogP contribution in [0.5, 0.6) is 0 Å². The van der Waals surface area contributed by atoms with Gasteiger partial charge in [0.25, 0.3) is 0 Å². The molecule has 2 unspecified atom stereocenters. The smallest absolute Gasteiger partial charge is 0.0502 e. The largest absolute Gasteiger partial charge is 0.0898 e. The second-order valence-corrected chi connectivity index (χ2v) is 3.72. The van der Waals surface area contributed by atoms with Crippen LogP contribution in [0.4, 0.5) is 0 Å². The molecule has 1 aromatic rings. The summed E-state index contributed by atoms with van der Waals surface area (Å²) < 4.78 is 0. The van der Waals surface area contributed by atoms with Gasteiger partial charge >= 0.3 is 0 Å². The van der Waals surface area contributed by atoms with Crippen molar-refractivity contribution in [1.82, 2.24) is 0 Å². The van der Waals surface area contributed by atoms with Gasteiger partial charge in [-0.05, 0) is 35.0 Å². The minimum atomic E-state index is -0.268. The van der Waals surface area contributed by atoms with Crippen molar-refractivity contribution in [3.8, 4) is 0 Å². The van der Waals surface area contributed by atoms with Crippen LogP contribution < -0.4 is 0 Å². The van der Waals surface area contributed by atoms with Crippen LogP contribution in [0, 0.1) is 0 Å². The second kappa shape index (κ2) is 4.57. The molecule has 0 N–H and O–H groups in total. The van der Waals surface area contributed by atoms with Gasteiger partial charge in [-0.3, -0.25) is 0 Å². The maximum Gasteiger partial charge on any atom is 0.0502 e. The van der Waals surface area contributed by atoms with Crippen molar-refractivity contribution in [2.75, 3.05) is 0 Å². The Bertz CT molecular complexity index is 439. The van der Waals surface area contributed by atoms with E-state index < -0.39 is 0 Å². The first-order chi connectivity index (χ1) is 7.85. The van der Waals surface area contributed by atoms with Crippen molar-refractivity contribution in [1.29, 1.82) is 0 Å². The van der Waals surface area contributed by atoms with Crippen LogP contribution in [-0.2, 0) is 12.8 Å². The molecular weight excluding hydrogens is 204 g/mol. The molecule has 6 heteroatoms. The van der Waals surface area contributed by atoms with Crippen molar-refractivity contribution in [3.63, 3.8) is 0 Å². The van der Waals surface area contributed by atoms with Gasteiger partial charge in [0.2, 0.25) is 0 Å². The number of hydrogen-bond acceptors (Lipinski definition) is 2. The fraction of sp³-hybridized carbons (Fsp3) is 0.400. The minimum Gasteiger partial charge on any atom is -0.0898 e. The molecule has 0 spiro atoms. The zero-order valence-electron chi connectivity index (χ0n) is 8.56. The van der Waals surface area contributed by atoms with Gasteiger partial charge in [0.1, 0.15) is 0 Å². The highest BCUT2D eigenvalue weighted by Crippen LogP contribution is 2.25. The van der Waals surface area contributed by atoms with Gasteiger partial charge in [-0.15, -0.1) is 0 Å². The standard InChI is InChI=1S/C10H10N6/c11-15-13-9-5-7-3-1-2-4-8(7)6-10(9)14-16-12/h1-4,9-10H,5-6H2. The molecule has 0 aliphatic heterocycles. The lowest BCUT2D eigenvalue weighted by Gasteiger charge is -2.26. The lowest BCUT2D eigenvalue weighted by molar-refractivity contribution is 0.489. The molecule has 0 aromatic heterocycles. The van der Waals surface area contributed by atoms with Gasteiger partial charge in [0, 0.05) is 9.82 Å². The second-order valence-electron chi connectivity index (χ2n) is 3.72. The monoisotopic (exact) mass is 214 g/mol. The fourth-order valence-corrected chi connectivity index (χ4v) is 2.05. The molecule has 16 heavy (non-hydrogen) atoms. The molecule has 0 amide bonds. The molecule has 0 saturated heterocycles. The number of benzene rings is 1. The van der Waals surface area contributed by atoms with E-state index in [1.807, 2.05) is 24.3 Å². The molecule has 0 bridgehead atoms. The predicted molar refractivity (Wildman–Crippen MR) is 59.7 cm³/mol. The zero-order chi connectivity index (χ0) is 11.4. The van der Waals surface area contributed by atoms with Gasteiger partial charge in [-0.25, -0.2) is 0 Å². The first-order valence-corrected chi connectivity index (χ1v) is 5.00. The van der Waals surface area contributed by atoms with E-state index in [1.165, 1.54) is 11.1 Å². The normalized spacial score (nSPS) is 22.5. The Morgan fingerprint density at radius 1 is 0.938 bits per heavy atom. The fourth-order valence-electron chi connectivity index (χ4n) is 2.05. The minimum absolute atomic E-state index is 0.268. The van der Waals surface area contributed by atoms with E-state index in [0.717, 1.165) is 0 Å². The third-order valence-corrected chi connectivity index (χ3v) is 2.82. The number of nitrogens with zero attached hydrogens (tertiary/aromatic N) is 6. The SMILES string of the molecule is [N-]=[N+]=NC1Cc2ccccc2CC1N=[N+]=[N-]. The molecule has 1 aliphatic rings. The maximum absolute atomic E-state index is 8.48. The van der Waals surface area contributed by atoms with E-state index in [0.29, 0.717) is 12.8 Å². The summed E-state index contributed by atoms with van der Waals surface area (Å²) >= 11 is 0. The van der Waals surface area contributed by atoms with E-state index >= 15 is 0 Å². The molecular formula is C10H10N6. The predicted octanol–water partition coefficient (Wildman–Crippen LogP) is 3.14. The van der Waals surface area contributed by atoms with E-state index in [1.54, 1.807) is 0 Å². The van der Waals surface area contributed by atoms with Crippen LogP contribution in [-0.4, -0.2) is 12.1 Å². The molecule has 0 saturated carbocycles. The third kappa shape index (κ3) is 1.93. The van der Waals surface area contributed by atoms with Gasteiger partial charge in [-0.2, -0.15) is 0 Å². The molecule has 1 aliphatic carbocycles. The summed E-state index contributed by atoms with van der Waals surface area (Å²) in [4.78, 5) is 5.61. The Morgan fingerprint density at radius 2 is 1.38 bits per heavy atom. The molecule has 1 aromatic carbocycles. The van der Waals surface area contributed by atoms with Gasteiger partial charge in [0.15, 0.2) is 0 Å². The summed E-state index contributed by atoms with van der Waals surface area (Å²) in [5.41, 5.74) is 19.3. The molecule has 2 atom stereocenters. The molecule has 0 radical (unpaired) electrons. The Labute approximate surface area is 92.2 Å². The topological polar surface area (TPSA) is 97.5 Å². The van der Waals surface area contributed by atoms with Crippen LogP contribution in [0.2, 0.25) is 0 Å². The van der Waals surface area contributed by atoms with Crippen molar-refractivity contribution >= 4 is 0 Å². The number of azide groups is 2. The lowest BCUT2D eigenvalue weighted by Crippen LogP contribution is -2.31. The first-order valence-electron chi connectivity index (χ1n) is 5.00. The summed E-state index contributed by atoms with van der Waals surface area (Å²) in [6.45, 7) is 0. The first kappa shape index (κ1) is 10.4. The summed E-state index contributed by atoms with van der Waals surface area (Å²) in [5, 5.41) is 7.40. The van der Waals surface area contributed by atoms with E-state index in [2.05, 4.69) is 20.1 Å². The Morgan fingerprint density at radius 3 is 1.75 bits per heavy atom. The van der Waals surface area contributed by atoms with Crippen LogP contribution in [0.1, 0.15) is 11.1 Å². The summed E-state index contributed by atoms with van der Waals surface area (Å²) in [6.07, 6.45) is 1.29. The lowest BCUT2D eigenvalue weighted by atomic mass is 9.85. The van der Waals surface area contributed by atoms with Crippen LogP contribution in [0.15, 0.2) is 34.5 Å². The highest BCUT2D eigenvalue weighted by atomic mass is 15.2. The average molecular weight is 214 g/mol. The number of hydrogen-bond donors (Lipinski definition) is 0. The van der Waals surface area contributed by atoms with Gasteiger partial charge in [-0.1, -0.05) is 34.5 Å². The van der Waals surface area contributed by atoms with E-state index in [4.69, 9.17) is 11.1 Å². The van der Waals surface area contributed by atoms with Gasteiger partial charge in [0.05, 0.1) is 12.1 Å². The Balaban J connectivity index is 2.36. The summed E-state index contributed by atoms with van der Waals surface area (Å²) in [7, 11) is 0. The molecule has 0 heterocycles. The Kier molecular flexibility index (Phi) is 2.96. The summed E-state index contributed by atoms with van der Waals surface area (Å²) in [6, 6.07) is 7.41. The van der Waals surface area contributed by atoms with Crippen molar-refractivity contribution < 1.29 is 0 Å². The quantitative estimate of drug-likeness (QED) is 0.410. The molecule has 2 rings (SSSR count). The van der Waals surface area contributed by atoms with E-state index in [9.17, 15) is 0 Å². The molecule has 80 valence electrons. The van der Waals surface area contributed by atoms with Crippen LogP contribution in [0.3, 0.4) is 0 Å². The molecule has 0 fully saturated rings. The van der Waals surface area contributed by atoms with Gasteiger partial charge < -0.3 is 0 Å². The highest BCUT2D eigenvalue weighted by molar-refractivity contribution is 5.32. The molecule has 6 nitrogen and oxygen atoms in total. The number of rotatable bonds is 2. The van der Waals surface area contributed by atoms with Crippen molar-refractivity contribution in [3.05, 3.63) is 56.3 Å². The Hall–Kier alpha value is -2.16. The average Bonchev–Trinajstić information content (AvgIpc) is 2.30.